The van der Waals surface area contributed by atoms with Crippen molar-refractivity contribution in [2.75, 3.05) is 17.7 Å². The van der Waals surface area contributed by atoms with E-state index in [1.54, 1.807) is 6.07 Å². The summed E-state index contributed by atoms with van der Waals surface area (Å²) in [5.74, 6) is -2.34. The van der Waals surface area contributed by atoms with E-state index < -0.39 is 17.8 Å². The summed E-state index contributed by atoms with van der Waals surface area (Å²) in [5.41, 5.74) is 0.861. The summed E-state index contributed by atoms with van der Waals surface area (Å²) in [6.45, 7) is 0. The van der Waals surface area contributed by atoms with Crippen molar-refractivity contribution in [3.05, 3.63) is 58.1 Å². The lowest BCUT2D eigenvalue weighted by Gasteiger charge is -2.08. The number of hydrogen-bond acceptors (Lipinski definition) is 4. The molecule has 2 aromatic carbocycles. The van der Waals surface area contributed by atoms with Gasteiger partial charge in [0.15, 0.2) is 0 Å². The molecule has 0 atom stereocenters. The minimum Gasteiger partial charge on any atom is -0.465 e. The number of rotatable bonds is 3. The predicted molar refractivity (Wildman–Crippen MR) is 91.5 cm³/mol. The first-order chi connectivity index (χ1) is 11.4. The Morgan fingerprint density at radius 3 is 2.08 bits per heavy atom. The van der Waals surface area contributed by atoms with Crippen molar-refractivity contribution >= 4 is 52.4 Å². The molecule has 8 heteroatoms. The summed E-state index contributed by atoms with van der Waals surface area (Å²) in [4.78, 5) is 35.3. The monoisotopic (exact) mass is 366 g/mol. The molecule has 6 nitrogen and oxygen atoms in total. The van der Waals surface area contributed by atoms with Crippen LogP contribution in [0.3, 0.4) is 0 Å². The molecule has 2 aromatic rings. The summed E-state index contributed by atoms with van der Waals surface area (Å²) in [6.07, 6.45) is 0. The second-order valence-corrected chi connectivity index (χ2v) is 5.42. The Morgan fingerprint density at radius 2 is 1.50 bits per heavy atom. The van der Waals surface area contributed by atoms with Crippen molar-refractivity contribution in [3.63, 3.8) is 0 Å². The van der Waals surface area contributed by atoms with Gasteiger partial charge in [-0.1, -0.05) is 29.3 Å². The van der Waals surface area contributed by atoms with Gasteiger partial charge in [0.1, 0.15) is 0 Å². The molecular formula is C16H12Cl2N2O4. The maximum absolute atomic E-state index is 11.9. The fourth-order valence-electron chi connectivity index (χ4n) is 1.79. The van der Waals surface area contributed by atoms with Gasteiger partial charge >= 0.3 is 17.8 Å². The van der Waals surface area contributed by atoms with Crippen LogP contribution < -0.4 is 10.6 Å². The third-order valence-corrected chi connectivity index (χ3v) is 3.66. The molecule has 0 aliphatic rings. The minimum absolute atomic E-state index is 0.250. The quantitative estimate of drug-likeness (QED) is 0.644. The molecule has 2 amide bonds. The van der Waals surface area contributed by atoms with Crippen LogP contribution in [0.4, 0.5) is 11.4 Å². The predicted octanol–water partition coefficient (Wildman–Crippen LogP) is 3.36. The molecule has 0 unspecified atom stereocenters. The van der Waals surface area contributed by atoms with E-state index in [1.807, 2.05) is 0 Å². The third kappa shape index (κ3) is 4.47. The van der Waals surface area contributed by atoms with E-state index in [0.29, 0.717) is 10.7 Å². The van der Waals surface area contributed by atoms with Gasteiger partial charge in [-0.25, -0.2) is 4.79 Å². The number of methoxy groups -OCH3 is 1. The summed E-state index contributed by atoms with van der Waals surface area (Å²) >= 11 is 11.6. The second-order valence-electron chi connectivity index (χ2n) is 4.61. The lowest BCUT2D eigenvalue weighted by atomic mass is 10.2. The summed E-state index contributed by atoms with van der Waals surface area (Å²) < 4.78 is 4.59. The van der Waals surface area contributed by atoms with Crippen LogP contribution in [0.25, 0.3) is 0 Å². The number of anilines is 2. The number of halogens is 2. The number of nitrogens with one attached hydrogen (secondary N) is 2. The van der Waals surface area contributed by atoms with E-state index in [4.69, 9.17) is 23.2 Å². The summed E-state index contributed by atoms with van der Waals surface area (Å²) in [7, 11) is 1.25. The Bertz CT molecular complexity index is 808. The topological polar surface area (TPSA) is 84.5 Å². The molecule has 0 heterocycles. The molecule has 2 rings (SSSR count). The Hall–Kier alpha value is -2.57. The number of amides is 2. The smallest absolute Gasteiger partial charge is 0.337 e. The van der Waals surface area contributed by atoms with Crippen LogP contribution in [-0.4, -0.2) is 24.9 Å². The van der Waals surface area contributed by atoms with Gasteiger partial charge in [-0.05, 0) is 36.4 Å². The van der Waals surface area contributed by atoms with E-state index in [9.17, 15) is 14.4 Å². The average Bonchev–Trinajstić information content (AvgIpc) is 2.57. The lowest BCUT2D eigenvalue weighted by Crippen LogP contribution is -2.29. The van der Waals surface area contributed by atoms with E-state index in [1.165, 1.54) is 43.5 Å². The van der Waals surface area contributed by atoms with Crippen LogP contribution in [0.15, 0.2) is 42.5 Å². The zero-order chi connectivity index (χ0) is 17.7. The van der Waals surface area contributed by atoms with Crippen LogP contribution in [0, 0.1) is 0 Å². The van der Waals surface area contributed by atoms with Gasteiger partial charge in [0.2, 0.25) is 0 Å². The summed E-state index contributed by atoms with van der Waals surface area (Å²) in [6, 6.07) is 10.4. The number of benzene rings is 2. The number of carbonyl (C=O) groups is 3. The van der Waals surface area contributed by atoms with Gasteiger partial charge in [-0.3, -0.25) is 9.59 Å². The zero-order valence-electron chi connectivity index (χ0n) is 12.4. The van der Waals surface area contributed by atoms with Crippen molar-refractivity contribution in [2.24, 2.45) is 0 Å². The Morgan fingerprint density at radius 1 is 0.875 bits per heavy atom. The highest BCUT2D eigenvalue weighted by Crippen LogP contribution is 2.25. The Labute approximate surface area is 147 Å². The molecule has 0 spiro atoms. The van der Waals surface area contributed by atoms with Crippen molar-refractivity contribution in [1.82, 2.24) is 0 Å². The highest BCUT2D eigenvalue weighted by Gasteiger charge is 2.15. The number of hydrogen-bond donors (Lipinski definition) is 2. The highest BCUT2D eigenvalue weighted by atomic mass is 35.5. The molecule has 2 N–H and O–H groups in total. The van der Waals surface area contributed by atoms with Crippen molar-refractivity contribution < 1.29 is 19.1 Å². The maximum Gasteiger partial charge on any atom is 0.337 e. The third-order valence-electron chi connectivity index (χ3n) is 2.93. The first-order valence-corrected chi connectivity index (χ1v) is 7.42. The van der Waals surface area contributed by atoms with E-state index in [-0.39, 0.29) is 16.3 Å². The van der Waals surface area contributed by atoms with Crippen molar-refractivity contribution in [3.8, 4) is 0 Å². The zero-order valence-corrected chi connectivity index (χ0v) is 13.9. The molecule has 0 fully saturated rings. The fourth-order valence-corrected chi connectivity index (χ4v) is 2.09. The number of ether oxygens (including phenoxy) is 1. The van der Waals surface area contributed by atoms with Crippen LogP contribution in [0.2, 0.25) is 10.0 Å². The Balaban J connectivity index is 2.05. The molecule has 0 aliphatic heterocycles. The molecule has 0 saturated heterocycles. The van der Waals surface area contributed by atoms with Crippen LogP contribution in [0.5, 0.6) is 0 Å². The SMILES string of the molecule is COC(=O)c1cccc(NC(=O)C(=O)Nc2ccc(Cl)c(Cl)c2)c1. The van der Waals surface area contributed by atoms with E-state index in [0.717, 1.165) is 0 Å². The van der Waals surface area contributed by atoms with Gasteiger partial charge in [-0.15, -0.1) is 0 Å². The molecule has 0 aromatic heterocycles. The van der Waals surface area contributed by atoms with Crippen LogP contribution in [0.1, 0.15) is 10.4 Å². The number of carbonyl (C=O) groups excluding carboxylic acids is 3. The first-order valence-electron chi connectivity index (χ1n) is 6.66. The molecule has 124 valence electrons. The van der Waals surface area contributed by atoms with Crippen LogP contribution >= 0.6 is 23.2 Å². The van der Waals surface area contributed by atoms with E-state index in [2.05, 4.69) is 15.4 Å². The lowest BCUT2D eigenvalue weighted by molar-refractivity contribution is -0.132. The fraction of sp³-hybridized carbons (Fsp3) is 0.0625. The second kappa shape index (κ2) is 7.81. The highest BCUT2D eigenvalue weighted by molar-refractivity contribution is 6.44. The molecule has 24 heavy (non-hydrogen) atoms. The molecule has 0 aliphatic carbocycles. The molecule has 0 saturated carbocycles. The maximum atomic E-state index is 11.9. The molecule has 0 radical (unpaired) electrons. The van der Waals surface area contributed by atoms with Gasteiger partial charge < -0.3 is 15.4 Å². The minimum atomic E-state index is -0.900. The first kappa shape index (κ1) is 17.8. The average molecular weight is 367 g/mol. The largest absolute Gasteiger partial charge is 0.465 e. The summed E-state index contributed by atoms with van der Waals surface area (Å²) in [5, 5.41) is 5.37. The normalized spacial score (nSPS) is 9.96. The van der Waals surface area contributed by atoms with Gasteiger partial charge in [-0.2, -0.15) is 0 Å². The van der Waals surface area contributed by atoms with Gasteiger partial charge in [0.25, 0.3) is 0 Å². The number of esters is 1. The van der Waals surface area contributed by atoms with Crippen LogP contribution in [-0.2, 0) is 14.3 Å². The standard InChI is InChI=1S/C16H12Cl2N2O4/c1-24-16(23)9-3-2-4-10(7-9)19-14(21)15(22)20-11-5-6-12(17)13(18)8-11/h2-8H,1H3,(H,19,21)(H,20,22). The van der Waals surface area contributed by atoms with Crippen molar-refractivity contribution in [1.29, 1.82) is 0 Å². The van der Waals surface area contributed by atoms with Crippen molar-refractivity contribution in [2.45, 2.75) is 0 Å². The molecule has 0 bridgehead atoms. The molecular weight excluding hydrogens is 355 g/mol. The van der Waals surface area contributed by atoms with Gasteiger partial charge in [0, 0.05) is 11.4 Å². The van der Waals surface area contributed by atoms with E-state index >= 15 is 0 Å². The Kier molecular flexibility index (Phi) is 5.78. The van der Waals surface area contributed by atoms with Gasteiger partial charge in [0.05, 0.1) is 22.7 Å².